The fourth-order valence-electron chi connectivity index (χ4n) is 1.94. The molecule has 0 aromatic heterocycles. The highest BCUT2D eigenvalue weighted by atomic mass is 16.2. The highest BCUT2D eigenvalue weighted by Gasteiger charge is 2.27. The van der Waals surface area contributed by atoms with Gasteiger partial charge in [-0.25, -0.2) is 0 Å². The van der Waals surface area contributed by atoms with Crippen molar-refractivity contribution in [2.45, 2.75) is 0 Å². The minimum atomic E-state index is -0.613. The van der Waals surface area contributed by atoms with Crippen LogP contribution in [0.15, 0.2) is 24.3 Å². The Balaban J connectivity index is 2.25. The van der Waals surface area contributed by atoms with E-state index < -0.39 is 11.8 Å². The minimum Gasteiger partial charge on any atom is -0.346 e. The summed E-state index contributed by atoms with van der Waals surface area (Å²) < 4.78 is 0. The molecule has 1 aromatic rings. The average Bonchev–Trinajstić information content (AvgIpc) is 2.42. The molecule has 6 nitrogen and oxygen atoms in total. The lowest BCUT2D eigenvalue weighted by molar-refractivity contribution is -0.138. The number of ketones is 1. The van der Waals surface area contributed by atoms with Gasteiger partial charge in [0.1, 0.15) is 0 Å². The maximum Gasteiger partial charge on any atom is 0.316 e. The molecule has 1 aliphatic rings. The fraction of sp³-hybridized carbons (Fsp3) is 0.308. The molecule has 1 aromatic carbocycles. The standard InChI is InChI=1S/C13H15N3O3/c1-14-8-11(17)9-3-2-4-10(7-9)16-6-5-15-12(18)13(16)19/h2-4,7,14H,5-6,8H2,1H3,(H,15,18). The Morgan fingerprint density at radius 3 is 2.95 bits per heavy atom. The van der Waals surface area contributed by atoms with E-state index in [1.165, 1.54) is 4.90 Å². The van der Waals surface area contributed by atoms with Crippen molar-refractivity contribution in [2.75, 3.05) is 31.6 Å². The van der Waals surface area contributed by atoms with E-state index in [9.17, 15) is 14.4 Å². The van der Waals surface area contributed by atoms with Crippen LogP contribution in [0.3, 0.4) is 0 Å². The maximum atomic E-state index is 11.8. The molecule has 1 aliphatic heterocycles. The Labute approximate surface area is 110 Å². The summed E-state index contributed by atoms with van der Waals surface area (Å²) in [6.07, 6.45) is 0. The first-order chi connectivity index (χ1) is 9.13. The van der Waals surface area contributed by atoms with Crippen molar-refractivity contribution in [3.8, 4) is 0 Å². The summed E-state index contributed by atoms with van der Waals surface area (Å²) in [5, 5.41) is 5.27. The summed E-state index contributed by atoms with van der Waals surface area (Å²) in [7, 11) is 1.69. The molecule has 2 N–H and O–H groups in total. The van der Waals surface area contributed by atoms with Gasteiger partial charge in [0.25, 0.3) is 0 Å². The molecule has 1 heterocycles. The van der Waals surface area contributed by atoms with Gasteiger partial charge in [-0.2, -0.15) is 0 Å². The molecule has 19 heavy (non-hydrogen) atoms. The van der Waals surface area contributed by atoms with Crippen molar-refractivity contribution in [1.29, 1.82) is 0 Å². The predicted molar refractivity (Wildman–Crippen MR) is 70.1 cm³/mol. The highest BCUT2D eigenvalue weighted by molar-refractivity contribution is 6.41. The van der Waals surface area contributed by atoms with Crippen molar-refractivity contribution in [2.24, 2.45) is 0 Å². The van der Waals surface area contributed by atoms with Gasteiger partial charge in [-0.05, 0) is 19.2 Å². The summed E-state index contributed by atoms with van der Waals surface area (Å²) in [5.41, 5.74) is 1.09. The van der Waals surface area contributed by atoms with Crippen LogP contribution >= 0.6 is 0 Å². The van der Waals surface area contributed by atoms with Crippen LogP contribution in [0.25, 0.3) is 0 Å². The van der Waals surface area contributed by atoms with E-state index in [2.05, 4.69) is 10.6 Å². The predicted octanol–water partition coefficient (Wildman–Crippen LogP) is -0.448. The van der Waals surface area contributed by atoms with Gasteiger partial charge in [0.15, 0.2) is 5.78 Å². The van der Waals surface area contributed by atoms with Crippen LogP contribution < -0.4 is 15.5 Å². The number of hydrogen-bond acceptors (Lipinski definition) is 4. The van der Waals surface area contributed by atoms with Gasteiger partial charge in [0.2, 0.25) is 0 Å². The third-order valence-electron chi connectivity index (χ3n) is 2.88. The molecule has 6 heteroatoms. The molecular formula is C13H15N3O3. The van der Waals surface area contributed by atoms with Crippen LogP contribution in [0.2, 0.25) is 0 Å². The summed E-state index contributed by atoms with van der Waals surface area (Å²) in [5.74, 6) is -1.26. The van der Waals surface area contributed by atoms with Crippen LogP contribution in [-0.2, 0) is 9.59 Å². The lowest BCUT2D eigenvalue weighted by Crippen LogP contribution is -2.52. The normalized spacial score (nSPS) is 15.3. The van der Waals surface area contributed by atoms with E-state index in [1.54, 1.807) is 31.3 Å². The Bertz CT molecular complexity index is 528. The second kappa shape index (κ2) is 5.62. The van der Waals surface area contributed by atoms with Crippen molar-refractivity contribution >= 4 is 23.3 Å². The molecule has 0 saturated carbocycles. The molecule has 2 rings (SSSR count). The molecule has 0 atom stereocenters. The molecule has 1 fully saturated rings. The van der Waals surface area contributed by atoms with E-state index in [1.807, 2.05) is 0 Å². The molecule has 0 bridgehead atoms. The topological polar surface area (TPSA) is 78.5 Å². The highest BCUT2D eigenvalue weighted by Crippen LogP contribution is 2.17. The summed E-state index contributed by atoms with van der Waals surface area (Å²) in [6.45, 7) is 1.06. The molecule has 0 spiro atoms. The van der Waals surface area contributed by atoms with Crippen LogP contribution in [0.4, 0.5) is 5.69 Å². The van der Waals surface area contributed by atoms with E-state index >= 15 is 0 Å². The number of carbonyl (C=O) groups excluding carboxylic acids is 3. The molecule has 1 saturated heterocycles. The Morgan fingerprint density at radius 1 is 1.42 bits per heavy atom. The molecule has 100 valence electrons. The number of nitrogens with zero attached hydrogens (tertiary/aromatic N) is 1. The van der Waals surface area contributed by atoms with E-state index in [0.717, 1.165) is 0 Å². The lowest BCUT2D eigenvalue weighted by atomic mass is 10.1. The largest absolute Gasteiger partial charge is 0.346 e. The number of Topliss-reactive ketones (excluding diaryl/α,β-unsaturated/α-hetero) is 1. The second-order valence-corrected chi connectivity index (χ2v) is 4.22. The SMILES string of the molecule is CNCC(=O)c1cccc(N2CCNC(=O)C2=O)c1. The zero-order valence-electron chi connectivity index (χ0n) is 10.6. The zero-order chi connectivity index (χ0) is 13.8. The number of amides is 2. The number of benzene rings is 1. The first-order valence-electron chi connectivity index (χ1n) is 6.01. The van der Waals surface area contributed by atoms with Crippen molar-refractivity contribution in [3.05, 3.63) is 29.8 Å². The Kier molecular flexibility index (Phi) is 3.91. The van der Waals surface area contributed by atoms with Gasteiger partial charge in [-0.15, -0.1) is 0 Å². The van der Waals surface area contributed by atoms with Crippen LogP contribution in [0.5, 0.6) is 0 Å². The molecular weight excluding hydrogens is 246 g/mol. The van der Waals surface area contributed by atoms with Gasteiger partial charge in [-0.3, -0.25) is 14.4 Å². The molecule has 0 aliphatic carbocycles. The first-order valence-corrected chi connectivity index (χ1v) is 6.01. The maximum absolute atomic E-state index is 11.8. The molecule has 0 unspecified atom stereocenters. The quantitative estimate of drug-likeness (QED) is 0.568. The van der Waals surface area contributed by atoms with E-state index in [4.69, 9.17) is 0 Å². The van der Waals surface area contributed by atoms with Crippen molar-refractivity contribution < 1.29 is 14.4 Å². The van der Waals surface area contributed by atoms with Crippen molar-refractivity contribution in [1.82, 2.24) is 10.6 Å². The van der Waals surface area contributed by atoms with Crippen LogP contribution in [0, 0.1) is 0 Å². The number of nitrogens with one attached hydrogen (secondary N) is 2. The van der Waals surface area contributed by atoms with Crippen LogP contribution in [0.1, 0.15) is 10.4 Å². The van der Waals surface area contributed by atoms with Crippen LogP contribution in [-0.4, -0.2) is 44.3 Å². The molecule has 2 amide bonds. The van der Waals surface area contributed by atoms with Crippen molar-refractivity contribution in [3.63, 3.8) is 0 Å². The average molecular weight is 261 g/mol. The molecule has 0 radical (unpaired) electrons. The minimum absolute atomic E-state index is 0.0572. The van der Waals surface area contributed by atoms with Gasteiger partial charge in [-0.1, -0.05) is 12.1 Å². The van der Waals surface area contributed by atoms with Gasteiger partial charge in [0, 0.05) is 24.3 Å². The lowest BCUT2D eigenvalue weighted by Gasteiger charge is -2.26. The number of anilines is 1. The zero-order valence-corrected chi connectivity index (χ0v) is 10.6. The Morgan fingerprint density at radius 2 is 2.21 bits per heavy atom. The summed E-state index contributed by atoms with van der Waals surface area (Å²) >= 11 is 0. The third-order valence-corrected chi connectivity index (χ3v) is 2.88. The van der Waals surface area contributed by atoms with Gasteiger partial charge < -0.3 is 15.5 Å². The number of likely N-dealkylation sites (N-methyl/N-ethyl adjacent to an activating group) is 1. The monoisotopic (exact) mass is 261 g/mol. The third kappa shape index (κ3) is 2.79. The fourth-order valence-corrected chi connectivity index (χ4v) is 1.94. The number of hydrogen-bond donors (Lipinski definition) is 2. The Hall–Kier alpha value is -2.21. The summed E-state index contributed by atoms with van der Waals surface area (Å²) in [6, 6.07) is 6.75. The number of piperazine rings is 1. The first kappa shape index (κ1) is 13.2. The van der Waals surface area contributed by atoms with Gasteiger partial charge in [0.05, 0.1) is 6.54 Å². The second-order valence-electron chi connectivity index (χ2n) is 4.22. The number of rotatable bonds is 4. The van der Waals surface area contributed by atoms with E-state index in [0.29, 0.717) is 24.3 Å². The van der Waals surface area contributed by atoms with Gasteiger partial charge >= 0.3 is 11.8 Å². The van der Waals surface area contributed by atoms with E-state index in [-0.39, 0.29) is 12.3 Å². The number of carbonyl (C=O) groups is 3. The smallest absolute Gasteiger partial charge is 0.316 e. The summed E-state index contributed by atoms with van der Waals surface area (Å²) in [4.78, 5) is 36.2.